The van der Waals surface area contributed by atoms with E-state index in [0.717, 1.165) is 12.8 Å². The third kappa shape index (κ3) is 1.73. The van der Waals surface area contributed by atoms with Crippen molar-refractivity contribution in [3.8, 4) is 0 Å². The van der Waals surface area contributed by atoms with Gasteiger partial charge in [0.25, 0.3) is 0 Å². The van der Waals surface area contributed by atoms with Gasteiger partial charge < -0.3 is 4.90 Å². The zero-order chi connectivity index (χ0) is 8.65. The molecule has 0 aromatic carbocycles. The van der Waals surface area contributed by atoms with Crippen LogP contribution >= 0.6 is 0 Å². The zero-order valence-electron chi connectivity index (χ0n) is 7.85. The van der Waals surface area contributed by atoms with E-state index in [-0.39, 0.29) is 0 Å². The second kappa shape index (κ2) is 2.50. The molecule has 0 spiro atoms. The summed E-state index contributed by atoms with van der Waals surface area (Å²) in [4.78, 5) is 13.0. The Bertz CT molecular complexity index is 164. The summed E-state index contributed by atoms with van der Waals surface area (Å²) in [6, 6.07) is 0. The summed E-state index contributed by atoms with van der Waals surface area (Å²) in [5.74, 6) is 0.601. The molecule has 0 aromatic heterocycles. The van der Waals surface area contributed by atoms with Crippen LogP contribution in [-0.4, -0.2) is 24.9 Å². The van der Waals surface area contributed by atoms with Gasteiger partial charge in [-0.05, 0) is 18.3 Å². The molecule has 1 aliphatic carbocycles. The molecule has 0 radical (unpaired) electrons. The van der Waals surface area contributed by atoms with Crippen LogP contribution in [0.2, 0.25) is 0 Å². The Morgan fingerprint density at radius 3 is 2.09 bits per heavy atom. The predicted octanol–water partition coefficient (Wildman–Crippen LogP) is 1.51. The molecule has 1 amide bonds. The molecule has 0 saturated heterocycles. The summed E-state index contributed by atoms with van der Waals surface area (Å²) < 4.78 is 0. The summed E-state index contributed by atoms with van der Waals surface area (Å²) in [6.45, 7) is 4.43. The average Bonchev–Trinajstić information content (AvgIpc) is 1.80. The minimum atomic E-state index is 0.296. The first kappa shape index (κ1) is 8.57. The molecule has 2 nitrogen and oxygen atoms in total. The lowest BCUT2D eigenvalue weighted by Gasteiger charge is -2.42. The van der Waals surface area contributed by atoms with Gasteiger partial charge in [0, 0.05) is 20.0 Å². The van der Waals surface area contributed by atoms with E-state index in [2.05, 4.69) is 13.8 Å². The standard InChI is InChI=1S/C9H17NO/c1-9(2)5-7(6-9)8(11)10(3)4/h7H,5-6H2,1-4H3. The smallest absolute Gasteiger partial charge is 0.225 e. The van der Waals surface area contributed by atoms with Crippen LogP contribution in [0.4, 0.5) is 0 Å². The Labute approximate surface area is 68.6 Å². The fourth-order valence-electron chi connectivity index (χ4n) is 1.81. The molecule has 1 fully saturated rings. The van der Waals surface area contributed by atoms with Crippen LogP contribution in [0.1, 0.15) is 26.7 Å². The van der Waals surface area contributed by atoms with Crippen LogP contribution in [-0.2, 0) is 4.79 Å². The molecule has 0 aliphatic heterocycles. The van der Waals surface area contributed by atoms with Gasteiger partial charge in [0.15, 0.2) is 0 Å². The van der Waals surface area contributed by atoms with Gasteiger partial charge in [0.2, 0.25) is 5.91 Å². The number of rotatable bonds is 1. The summed E-state index contributed by atoms with van der Waals surface area (Å²) in [7, 11) is 3.65. The highest BCUT2D eigenvalue weighted by Gasteiger charge is 2.40. The third-order valence-corrected chi connectivity index (χ3v) is 2.39. The summed E-state index contributed by atoms with van der Waals surface area (Å²) in [6.07, 6.45) is 2.12. The van der Waals surface area contributed by atoms with Crippen LogP contribution in [0.15, 0.2) is 0 Å². The lowest BCUT2D eigenvalue weighted by molar-refractivity contribution is -0.139. The number of hydrogen-bond acceptors (Lipinski definition) is 1. The second-order valence-corrected chi connectivity index (χ2v) is 4.50. The van der Waals surface area contributed by atoms with Crippen molar-refractivity contribution in [3.05, 3.63) is 0 Å². The molecule has 2 heteroatoms. The van der Waals surface area contributed by atoms with Gasteiger partial charge in [-0.1, -0.05) is 13.8 Å². The first-order valence-electron chi connectivity index (χ1n) is 4.13. The van der Waals surface area contributed by atoms with Crippen molar-refractivity contribution >= 4 is 5.91 Å². The van der Waals surface area contributed by atoms with E-state index in [1.54, 1.807) is 4.90 Å². The Morgan fingerprint density at radius 2 is 1.82 bits per heavy atom. The molecule has 0 unspecified atom stereocenters. The van der Waals surface area contributed by atoms with Crippen LogP contribution < -0.4 is 0 Å². The summed E-state index contributed by atoms with van der Waals surface area (Å²) >= 11 is 0. The number of carbonyl (C=O) groups is 1. The van der Waals surface area contributed by atoms with E-state index in [4.69, 9.17) is 0 Å². The maximum Gasteiger partial charge on any atom is 0.225 e. The molecule has 1 saturated carbocycles. The number of nitrogens with zero attached hydrogens (tertiary/aromatic N) is 1. The van der Waals surface area contributed by atoms with E-state index in [1.807, 2.05) is 14.1 Å². The Kier molecular flexibility index (Phi) is 1.95. The molecule has 0 atom stereocenters. The number of amides is 1. The fraction of sp³-hybridized carbons (Fsp3) is 0.889. The number of carbonyl (C=O) groups excluding carboxylic acids is 1. The Hall–Kier alpha value is -0.530. The van der Waals surface area contributed by atoms with Crippen LogP contribution in [0.5, 0.6) is 0 Å². The molecule has 64 valence electrons. The van der Waals surface area contributed by atoms with Gasteiger partial charge in [-0.3, -0.25) is 4.79 Å². The van der Waals surface area contributed by atoms with Crippen molar-refractivity contribution in [1.82, 2.24) is 4.90 Å². The molecular formula is C9H17NO. The van der Waals surface area contributed by atoms with E-state index >= 15 is 0 Å². The van der Waals surface area contributed by atoms with Gasteiger partial charge in [-0.25, -0.2) is 0 Å². The molecule has 0 aromatic rings. The maximum absolute atomic E-state index is 11.3. The predicted molar refractivity (Wildman–Crippen MR) is 45.2 cm³/mol. The fourth-order valence-corrected chi connectivity index (χ4v) is 1.81. The first-order valence-corrected chi connectivity index (χ1v) is 4.13. The summed E-state index contributed by atoms with van der Waals surface area (Å²) in [5.41, 5.74) is 0.413. The van der Waals surface area contributed by atoms with E-state index in [9.17, 15) is 4.79 Å². The summed E-state index contributed by atoms with van der Waals surface area (Å²) in [5, 5.41) is 0. The van der Waals surface area contributed by atoms with Crippen LogP contribution in [0.25, 0.3) is 0 Å². The Balaban J connectivity index is 2.38. The largest absolute Gasteiger partial charge is 0.349 e. The molecule has 1 aliphatic rings. The molecule has 0 bridgehead atoms. The first-order chi connectivity index (χ1) is 4.92. The molecule has 11 heavy (non-hydrogen) atoms. The molecular weight excluding hydrogens is 138 g/mol. The van der Waals surface area contributed by atoms with E-state index in [0.29, 0.717) is 17.2 Å². The van der Waals surface area contributed by atoms with Crippen molar-refractivity contribution in [2.75, 3.05) is 14.1 Å². The van der Waals surface area contributed by atoms with Crippen molar-refractivity contribution in [3.63, 3.8) is 0 Å². The highest BCUT2D eigenvalue weighted by atomic mass is 16.2. The highest BCUT2D eigenvalue weighted by molar-refractivity contribution is 5.79. The minimum Gasteiger partial charge on any atom is -0.349 e. The average molecular weight is 155 g/mol. The molecule has 1 rings (SSSR count). The van der Waals surface area contributed by atoms with E-state index in [1.165, 1.54) is 0 Å². The molecule has 0 heterocycles. The van der Waals surface area contributed by atoms with Gasteiger partial charge >= 0.3 is 0 Å². The third-order valence-electron chi connectivity index (χ3n) is 2.39. The number of hydrogen-bond donors (Lipinski definition) is 0. The second-order valence-electron chi connectivity index (χ2n) is 4.50. The zero-order valence-corrected chi connectivity index (χ0v) is 7.85. The maximum atomic E-state index is 11.3. The monoisotopic (exact) mass is 155 g/mol. The topological polar surface area (TPSA) is 20.3 Å². The van der Waals surface area contributed by atoms with Gasteiger partial charge in [-0.2, -0.15) is 0 Å². The van der Waals surface area contributed by atoms with Crippen molar-refractivity contribution in [2.45, 2.75) is 26.7 Å². The van der Waals surface area contributed by atoms with Crippen LogP contribution in [0, 0.1) is 11.3 Å². The minimum absolute atomic E-state index is 0.296. The van der Waals surface area contributed by atoms with Crippen molar-refractivity contribution in [1.29, 1.82) is 0 Å². The van der Waals surface area contributed by atoms with Gasteiger partial charge in [0.05, 0.1) is 0 Å². The van der Waals surface area contributed by atoms with E-state index < -0.39 is 0 Å². The van der Waals surface area contributed by atoms with Crippen molar-refractivity contribution in [2.24, 2.45) is 11.3 Å². The lowest BCUT2D eigenvalue weighted by Crippen LogP contribution is -2.42. The normalized spacial score (nSPS) is 22.5. The SMILES string of the molecule is CN(C)C(=O)C1CC(C)(C)C1. The Morgan fingerprint density at radius 1 is 1.36 bits per heavy atom. The highest BCUT2D eigenvalue weighted by Crippen LogP contribution is 2.45. The quantitative estimate of drug-likeness (QED) is 0.562. The van der Waals surface area contributed by atoms with Gasteiger partial charge in [-0.15, -0.1) is 0 Å². The molecule has 0 N–H and O–H groups in total. The lowest BCUT2D eigenvalue weighted by atomic mass is 9.64. The van der Waals surface area contributed by atoms with Crippen molar-refractivity contribution < 1.29 is 4.79 Å². The van der Waals surface area contributed by atoms with Gasteiger partial charge in [0.1, 0.15) is 0 Å². The van der Waals surface area contributed by atoms with Crippen LogP contribution in [0.3, 0.4) is 0 Å².